The summed E-state index contributed by atoms with van der Waals surface area (Å²) < 4.78 is 0. The normalized spacial score (nSPS) is 17.2. The fourth-order valence-electron chi connectivity index (χ4n) is 2.77. The lowest BCUT2D eigenvalue weighted by Gasteiger charge is -2.03. The van der Waals surface area contributed by atoms with Crippen LogP contribution in [0.1, 0.15) is 11.1 Å². The number of carbonyl (C=O) groups is 1. The van der Waals surface area contributed by atoms with E-state index in [9.17, 15) is 4.79 Å². The van der Waals surface area contributed by atoms with Crippen LogP contribution in [0.5, 0.6) is 0 Å². The van der Waals surface area contributed by atoms with Gasteiger partial charge in [-0.05, 0) is 66.2 Å². The summed E-state index contributed by atoms with van der Waals surface area (Å²) in [6.07, 6.45) is 3.65. The van der Waals surface area contributed by atoms with Crippen molar-refractivity contribution < 1.29 is 4.79 Å². The summed E-state index contributed by atoms with van der Waals surface area (Å²) >= 11 is 7.43. The second kappa shape index (κ2) is 6.94. The van der Waals surface area contributed by atoms with Crippen LogP contribution in [0.4, 0.5) is 5.69 Å². The molecule has 2 aromatic carbocycles. The maximum atomic E-state index is 12.3. The van der Waals surface area contributed by atoms with Gasteiger partial charge in [0.05, 0.1) is 21.1 Å². The maximum Gasteiger partial charge on any atom is 0.264 e. The van der Waals surface area contributed by atoms with Crippen molar-refractivity contribution in [2.45, 2.75) is 6.92 Å². The number of thioether (sulfide) groups is 1. The number of aryl methyl sites for hydroxylation is 1. The fourth-order valence-corrected chi connectivity index (χ4v) is 3.78. The monoisotopic (exact) mass is 379 g/mol. The van der Waals surface area contributed by atoms with Crippen LogP contribution in [0.2, 0.25) is 5.02 Å². The number of benzene rings is 2. The molecule has 1 saturated heterocycles. The number of rotatable bonds is 2. The number of nitrogens with zero attached hydrogens (tertiary/aromatic N) is 2. The number of pyridine rings is 1. The first-order valence-corrected chi connectivity index (χ1v) is 9.19. The Labute approximate surface area is 160 Å². The lowest BCUT2D eigenvalue weighted by atomic mass is 10.1. The van der Waals surface area contributed by atoms with E-state index in [-0.39, 0.29) is 5.91 Å². The molecule has 1 aromatic heterocycles. The van der Waals surface area contributed by atoms with E-state index >= 15 is 0 Å². The number of aliphatic imine (C=N–C) groups is 1. The Morgan fingerprint density at radius 2 is 2.04 bits per heavy atom. The number of hydrogen-bond acceptors (Lipinski definition) is 4. The van der Waals surface area contributed by atoms with Crippen molar-refractivity contribution in [1.82, 2.24) is 10.3 Å². The third-order valence-corrected chi connectivity index (χ3v) is 5.17. The molecule has 1 aliphatic rings. The highest BCUT2D eigenvalue weighted by Gasteiger charge is 2.24. The van der Waals surface area contributed by atoms with Crippen molar-refractivity contribution in [2.75, 3.05) is 0 Å². The summed E-state index contributed by atoms with van der Waals surface area (Å²) in [7, 11) is 0. The highest BCUT2D eigenvalue weighted by Crippen LogP contribution is 2.31. The summed E-state index contributed by atoms with van der Waals surface area (Å²) in [6, 6.07) is 15.3. The van der Waals surface area contributed by atoms with Gasteiger partial charge in [-0.15, -0.1) is 0 Å². The van der Waals surface area contributed by atoms with E-state index in [4.69, 9.17) is 11.6 Å². The smallest absolute Gasteiger partial charge is 0.264 e. The van der Waals surface area contributed by atoms with Gasteiger partial charge in [-0.25, -0.2) is 4.99 Å². The predicted octanol–water partition coefficient (Wildman–Crippen LogP) is 5.09. The molecule has 0 atom stereocenters. The first-order chi connectivity index (χ1) is 12.6. The summed E-state index contributed by atoms with van der Waals surface area (Å²) in [5.41, 5.74) is 3.63. The standard InChI is InChI=1S/C20H14ClN3OS/c1-12-9-13(10-14-5-4-8-22-18(12)14)11-17-19(25)24-20(26-17)23-16-7-3-2-6-15(16)21/h2-11H,1H3,(H,23,24,25)/b17-11+. The van der Waals surface area contributed by atoms with Gasteiger partial charge in [0, 0.05) is 11.6 Å². The first-order valence-electron chi connectivity index (χ1n) is 8.00. The van der Waals surface area contributed by atoms with Gasteiger partial charge in [0.1, 0.15) is 0 Å². The zero-order valence-corrected chi connectivity index (χ0v) is 15.4. The average Bonchev–Trinajstić information content (AvgIpc) is 2.96. The highest BCUT2D eigenvalue weighted by atomic mass is 35.5. The maximum absolute atomic E-state index is 12.3. The minimum Gasteiger partial charge on any atom is -0.300 e. The third kappa shape index (κ3) is 3.36. The van der Waals surface area contributed by atoms with Crippen LogP contribution in [0, 0.1) is 6.92 Å². The Morgan fingerprint density at radius 3 is 2.88 bits per heavy atom. The minimum atomic E-state index is -0.162. The Bertz CT molecular complexity index is 1090. The van der Waals surface area contributed by atoms with E-state index in [0.29, 0.717) is 20.8 Å². The molecule has 0 spiro atoms. The second-order valence-electron chi connectivity index (χ2n) is 5.85. The van der Waals surface area contributed by atoms with Crippen molar-refractivity contribution >= 4 is 57.1 Å². The van der Waals surface area contributed by atoms with Gasteiger partial charge >= 0.3 is 0 Å². The molecular formula is C20H14ClN3OS. The van der Waals surface area contributed by atoms with Crippen LogP contribution in [-0.4, -0.2) is 16.1 Å². The SMILES string of the molecule is Cc1cc(/C=C2/SC(=Nc3ccccc3Cl)NC2=O)cc2cccnc12. The topological polar surface area (TPSA) is 54.4 Å². The van der Waals surface area contributed by atoms with Crippen molar-refractivity contribution in [3.8, 4) is 0 Å². The number of halogens is 1. The van der Waals surface area contributed by atoms with Gasteiger partial charge in [0.25, 0.3) is 5.91 Å². The molecule has 2 heterocycles. The van der Waals surface area contributed by atoms with Crippen molar-refractivity contribution in [1.29, 1.82) is 0 Å². The zero-order chi connectivity index (χ0) is 18.1. The van der Waals surface area contributed by atoms with Gasteiger partial charge in [0.2, 0.25) is 0 Å². The lowest BCUT2D eigenvalue weighted by molar-refractivity contribution is -0.115. The quantitative estimate of drug-likeness (QED) is 0.631. The molecular weight excluding hydrogens is 366 g/mol. The molecule has 4 rings (SSSR count). The molecule has 0 bridgehead atoms. The van der Waals surface area contributed by atoms with E-state index in [1.807, 2.05) is 55.5 Å². The Morgan fingerprint density at radius 1 is 1.19 bits per heavy atom. The van der Waals surface area contributed by atoms with Gasteiger partial charge in [-0.3, -0.25) is 9.78 Å². The Kier molecular flexibility index (Phi) is 4.49. The van der Waals surface area contributed by atoms with E-state index in [1.54, 1.807) is 12.3 Å². The molecule has 1 N–H and O–H groups in total. The molecule has 0 aliphatic carbocycles. The molecule has 26 heavy (non-hydrogen) atoms. The number of amidine groups is 1. The molecule has 1 fully saturated rings. The molecule has 6 heteroatoms. The Hall–Kier alpha value is -2.63. The molecule has 0 radical (unpaired) electrons. The van der Waals surface area contributed by atoms with Crippen LogP contribution in [0.3, 0.4) is 0 Å². The molecule has 0 saturated carbocycles. The van der Waals surface area contributed by atoms with Crippen LogP contribution < -0.4 is 5.32 Å². The van der Waals surface area contributed by atoms with Crippen molar-refractivity contribution in [3.05, 3.63) is 75.8 Å². The molecule has 4 nitrogen and oxygen atoms in total. The number of fused-ring (bicyclic) bond motifs is 1. The molecule has 1 amide bonds. The number of hydrogen-bond donors (Lipinski definition) is 1. The number of aromatic nitrogens is 1. The summed E-state index contributed by atoms with van der Waals surface area (Å²) in [4.78, 5) is 21.7. The third-order valence-electron chi connectivity index (χ3n) is 3.94. The number of carbonyl (C=O) groups excluding carboxylic acids is 1. The van der Waals surface area contributed by atoms with E-state index in [2.05, 4.69) is 15.3 Å². The van der Waals surface area contributed by atoms with E-state index < -0.39 is 0 Å². The number of amides is 1. The van der Waals surface area contributed by atoms with Crippen LogP contribution in [0.25, 0.3) is 17.0 Å². The largest absolute Gasteiger partial charge is 0.300 e. The van der Waals surface area contributed by atoms with Gasteiger partial charge < -0.3 is 5.32 Å². The predicted molar refractivity (Wildman–Crippen MR) is 109 cm³/mol. The average molecular weight is 380 g/mol. The molecule has 0 unspecified atom stereocenters. The van der Waals surface area contributed by atoms with Crippen molar-refractivity contribution in [2.24, 2.45) is 4.99 Å². The summed E-state index contributed by atoms with van der Waals surface area (Å²) in [6.45, 7) is 2.02. The molecule has 128 valence electrons. The van der Waals surface area contributed by atoms with Gasteiger partial charge in [0.15, 0.2) is 5.17 Å². The molecule has 1 aliphatic heterocycles. The van der Waals surface area contributed by atoms with Gasteiger partial charge in [-0.1, -0.05) is 29.8 Å². The Balaban J connectivity index is 1.66. The van der Waals surface area contributed by atoms with Crippen LogP contribution in [-0.2, 0) is 4.79 Å². The zero-order valence-electron chi connectivity index (χ0n) is 13.9. The van der Waals surface area contributed by atoms with E-state index in [0.717, 1.165) is 22.0 Å². The van der Waals surface area contributed by atoms with Crippen LogP contribution >= 0.6 is 23.4 Å². The second-order valence-corrected chi connectivity index (χ2v) is 7.28. The summed E-state index contributed by atoms with van der Waals surface area (Å²) in [5, 5.41) is 4.90. The fraction of sp³-hybridized carbons (Fsp3) is 0.0500. The number of nitrogens with one attached hydrogen (secondary N) is 1. The van der Waals surface area contributed by atoms with E-state index in [1.165, 1.54) is 11.8 Å². The number of para-hydroxylation sites is 1. The van der Waals surface area contributed by atoms with Crippen LogP contribution in [0.15, 0.2) is 64.6 Å². The lowest BCUT2D eigenvalue weighted by Crippen LogP contribution is -2.19. The first kappa shape index (κ1) is 16.8. The highest BCUT2D eigenvalue weighted by molar-refractivity contribution is 8.18. The molecule has 3 aromatic rings. The summed E-state index contributed by atoms with van der Waals surface area (Å²) in [5.74, 6) is -0.162. The minimum absolute atomic E-state index is 0.162. The van der Waals surface area contributed by atoms with Gasteiger partial charge in [-0.2, -0.15) is 0 Å². The van der Waals surface area contributed by atoms with Crippen molar-refractivity contribution in [3.63, 3.8) is 0 Å².